The van der Waals surface area contributed by atoms with Crippen LogP contribution in [0.3, 0.4) is 0 Å². The molecule has 0 aliphatic carbocycles. The molecule has 0 saturated carbocycles. The van der Waals surface area contributed by atoms with Crippen LogP contribution in [0.15, 0.2) is 170 Å². The van der Waals surface area contributed by atoms with Gasteiger partial charge < -0.3 is 39.1 Å². The van der Waals surface area contributed by atoms with E-state index in [1.807, 2.05) is 61.5 Å². The SMILES string of the molecule is C=[C+]C(=O)Nc1ccc(C(=O)c2ccccc2)cc1.CCCOCC(CCC(=O)Nc1ccc(C(=O)c2ccccc2)cc1)OCC(CCC(=O)Nc1ccc(C(=O)c2ccccc2)cc1)OC.CCCOCCOCCOC. The van der Waals surface area contributed by atoms with E-state index >= 15 is 0 Å². The lowest BCUT2D eigenvalue weighted by atomic mass is 10.0. The standard InChI is InChI=1S/C40H44N2O7.C16H11NO2.C8H18O3/c1-3-26-48-27-36(23-25-38(44)42-34-20-16-32(17-21-34)40(46)30-12-8-5-9-13-30)49-28-35(47-2)22-24-37(43)41-33-18-14-31(15-19-33)39(45)29-10-6-4-7-11-29;1-2-15(18)17-14-10-8-13(9-11-14)16(19)12-6-4-3-5-7-12;1-3-4-10-7-8-11-6-5-9-2/h4-21,35-36H,3,22-28H2,1-2H3,(H,41,43)(H,42,44);3-11H,1H2;3-8H2,1-2H3/p+1. The number of methoxy groups -OCH3 is 2. The third-order valence-electron chi connectivity index (χ3n) is 11.6. The van der Waals surface area contributed by atoms with E-state index in [2.05, 4.69) is 35.5 Å². The van der Waals surface area contributed by atoms with Crippen molar-refractivity contribution in [2.75, 3.05) is 83.0 Å². The van der Waals surface area contributed by atoms with Gasteiger partial charge in [0.15, 0.2) is 23.9 Å². The highest BCUT2D eigenvalue weighted by atomic mass is 16.6. The molecule has 416 valence electrons. The van der Waals surface area contributed by atoms with Crippen LogP contribution in [0.1, 0.15) is 100 Å². The normalized spacial score (nSPS) is 11.2. The van der Waals surface area contributed by atoms with Crippen LogP contribution in [0, 0.1) is 6.08 Å². The zero-order valence-electron chi connectivity index (χ0n) is 45.7. The van der Waals surface area contributed by atoms with Crippen molar-refractivity contribution in [1.29, 1.82) is 0 Å². The van der Waals surface area contributed by atoms with Crippen LogP contribution in [0.25, 0.3) is 0 Å². The van der Waals surface area contributed by atoms with Crippen LogP contribution >= 0.6 is 0 Å². The molecule has 0 spiro atoms. The van der Waals surface area contributed by atoms with Gasteiger partial charge in [-0.25, -0.2) is 4.79 Å². The van der Waals surface area contributed by atoms with Crippen LogP contribution < -0.4 is 16.0 Å². The van der Waals surface area contributed by atoms with Gasteiger partial charge in [-0.05, 0) is 98.5 Å². The van der Waals surface area contributed by atoms with Crippen LogP contribution in [0.4, 0.5) is 17.1 Å². The molecule has 0 saturated heterocycles. The molecule has 2 atom stereocenters. The lowest BCUT2D eigenvalue weighted by Gasteiger charge is -2.22. The van der Waals surface area contributed by atoms with Gasteiger partial charge in [0, 0.05) is 90.7 Å². The summed E-state index contributed by atoms with van der Waals surface area (Å²) in [7, 11) is 3.24. The first-order valence-corrected chi connectivity index (χ1v) is 26.4. The molecular weight excluding hydrogens is 1000 g/mol. The molecule has 6 aromatic rings. The molecule has 15 nitrogen and oxygen atoms in total. The summed E-state index contributed by atoms with van der Waals surface area (Å²) < 4.78 is 32.6. The number of ether oxygens (including phenoxy) is 6. The molecule has 0 heterocycles. The molecule has 15 heteroatoms. The number of hydrogen-bond acceptors (Lipinski definition) is 12. The summed E-state index contributed by atoms with van der Waals surface area (Å²) in [5.41, 5.74) is 5.32. The van der Waals surface area contributed by atoms with Gasteiger partial charge in [0.2, 0.25) is 11.8 Å². The summed E-state index contributed by atoms with van der Waals surface area (Å²) in [6.45, 7) is 12.0. The molecule has 0 aromatic heterocycles. The van der Waals surface area contributed by atoms with Crippen molar-refractivity contribution in [2.24, 2.45) is 0 Å². The maximum absolute atomic E-state index is 12.8. The predicted molar refractivity (Wildman–Crippen MR) is 308 cm³/mol. The second kappa shape index (κ2) is 37.8. The van der Waals surface area contributed by atoms with Gasteiger partial charge in [0.25, 0.3) is 0 Å². The third kappa shape index (κ3) is 25.0. The molecule has 0 bridgehead atoms. The average Bonchev–Trinajstić information content (AvgIpc) is 3.50. The van der Waals surface area contributed by atoms with Gasteiger partial charge in [-0.15, -0.1) is 0 Å². The number of benzene rings is 6. The molecule has 79 heavy (non-hydrogen) atoms. The lowest BCUT2D eigenvalue weighted by molar-refractivity contribution is -0.119. The number of anilines is 3. The summed E-state index contributed by atoms with van der Waals surface area (Å²) in [6.07, 6.45) is 4.74. The fourth-order valence-corrected chi connectivity index (χ4v) is 7.28. The molecular formula is C64H74N3O12+. The highest BCUT2D eigenvalue weighted by Gasteiger charge is 2.19. The summed E-state index contributed by atoms with van der Waals surface area (Å²) in [5.74, 6) is -0.965. The predicted octanol–water partition coefficient (Wildman–Crippen LogP) is 11.0. The Bertz CT molecular complexity index is 2710. The van der Waals surface area contributed by atoms with Crippen molar-refractivity contribution in [2.45, 2.75) is 64.6 Å². The van der Waals surface area contributed by atoms with E-state index in [0.29, 0.717) is 103 Å². The molecule has 2 unspecified atom stereocenters. The van der Waals surface area contributed by atoms with E-state index in [4.69, 9.17) is 28.4 Å². The largest absolute Gasteiger partial charge is 0.493 e. The number of carbonyl (C=O) groups excluding carboxylic acids is 6. The van der Waals surface area contributed by atoms with Crippen molar-refractivity contribution < 1.29 is 57.2 Å². The van der Waals surface area contributed by atoms with Crippen LogP contribution in [-0.2, 0) is 42.8 Å². The molecule has 6 rings (SSSR count). The minimum Gasteiger partial charge on any atom is -0.382 e. The Hall–Kier alpha value is -7.85. The van der Waals surface area contributed by atoms with Crippen molar-refractivity contribution in [1.82, 2.24) is 0 Å². The third-order valence-corrected chi connectivity index (χ3v) is 11.6. The van der Waals surface area contributed by atoms with Gasteiger partial charge >= 0.3 is 12.0 Å². The summed E-state index contributed by atoms with van der Waals surface area (Å²) in [6, 6.07) is 47.5. The maximum atomic E-state index is 12.8. The van der Waals surface area contributed by atoms with Gasteiger partial charge in [-0.2, -0.15) is 0 Å². The Morgan fingerprint density at radius 3 is 1.16 bits per heavy atom. The Morgan fingerprint density at radius 2 is 0.785 bits per heavy atom. The fourth-order valence-electron chi connectivity index (χ4n) is 7.28. The summed E-state index contributed by atoms with van der Waals surface area (Å²) >= 11 is 0. The van der Waals surface area contributed by atoms with E-state index in [1.165, 1.54) is 0 Å². The van der Waals surface area contributed by atoms with Gasteiger partial charge in [-0.1, -0.05) is 105 Å². The van der Waals surface area contributed by atoms with Gasteiger partial charge in [0.05, 0.1) is 51.8 Å². The van der Waals surface area contributed by atoms with E-state index in [-0.39, 0.29) is 60.8 Å². The second-order valence-corrected chi connectivity index (χ2v) is 17.7. The highest BCUT2D eigenvalue weighted by molar-refractivity contribution is 6.10. The minimum absolute atomic E-state index is 0.0474. The zero-order chi connectivity index (χ0) is 56.9. The van der Waals surface area contributed by atoms with Crippen molar-refractivity contribution >= 4 is 52.1 Å². The highest BCUT2D eigenvalue weighted by Crippen LogP contribution is 2.18. The Kier molecular flexibility index (Phi) is 30.5. The van der Waals surface area contributed by atoms with Crippen molar-refractivity contribution in [3.63, 3.8) is 0 Å². The Balaban J connectivity index is 0.000000363. The van der Waals surface area contributed by atoms with Crippen molar-refractivity contribution in [3.05, 3.63) is 210 Å². The number of hydrogen-bond donors (Lipinski definition) is 3. The summed E-state index contributed by atoms with van der Waals surface area (Å²) in [4.78, 5) is 73.9. The first-order chi connectivity index (χ1) is 38.5. The molecule has 6 aromatic carbocycles. The molecule has 3 amide bonds. The fraction of sp³-hybridized carbons (Fsp3) is 0.312. The maximum Gasteiger partial charge on any atom is 0.493 e. The van der Waals surface area contributed by atoms with Crippen molar-refractivity contribution in [3.8, 4) is 0 Å². The number of nitrogens with one attached hydrogen (secondary N) is 3. The zero-order valence-corrected chi connectivity index (χ0v) is 45.7. The molecule has 0 fully saturated rings. The van der Waals surface area contributed by atoms with E-state index in [1.54, 1.807) is 123 Å². The van der Waals surface area contributed by atoms with E-state index in [0.717, 1.165) is 19.4 Å². The number of ketones is 3. The monoisotopic (exact) mass is 1080 g/mol. The smallest absolute Gasteiger partial charge is 0.382 e. The molecule has 0 radical (unpaired) electrons. The van der Waals surface area contributed by atoms with Crippen LogP contribution in [-0.4, -0.2) is 114 Å². The van der Waals surface area contributed by atoms with Gasteiger partial charge in [-0.3, -0.25) is 29.3 Å². The minimum atomic E-state index is -0.401. The van der Waals surface area contributed by atoms with E-state index < -0.39 is 5.91 Å². The Morgan fingerprint density at radius 1 is 0.430 bits per heavy atom. The van der Waals surface area contributed by atoms with E-state index in [9.17, 15) is 28.8 Å². The summed E-state index contributed by atoms with van der Waals surface area (Å²) in [5, 5.41) is 8.32. The first-order valence-electron chi connectivity index (χ1n) is 26.4. The van der Waals surface area contributed by atoms with Crippen LogP contribution in [0.2, 0.25) is 0 Å². The topological polar surface area (TPSA) is 194 Å². The molecule has 0 aliphatic rings. The van der Waals surface area contributed by atoms with Gasteiger partial charge in [0.1, 0.15) is 0 Å². The number of carbonyl (C=O) groups is 6. The molecule has 0 aliphatic heterocycles. The average molecular weight is 1080 g/mol. The number of rotatable bonds is 32. The lowest BCUT2D eigenvalue weighted by Crippen LogP contribution is -2.29. The first kappa shape index (κ1) is 63.7. The number of amides is 3. The molecule has 3 N–H and O–H groups in total. The Labute approximate surface area is 465 Å². The quantitative estimate of drug-likeness (QED) is 0.0157. The van der Waals surface area contributed by atoms with Crippen LogP contribution in [0.5, 0.6) is 0 Å². The second-order valence-electron chi connectivity index (χ2n) is 17.7.